The van der Waals surface area contributed by atoms with Crippen molar-refractivity contribution in [2.24, 2.45) is 0 Å². The van der Waals surface area contributed by atoms with Crippen LogP contribution in [0, 0.1) is 0 Å². The SMILES string of the molecule is O=C1OC(C(F)(F)F)C(OC(=O)C(F)(F)F)N1c1ccn2ncc(-c3ccc(-c4ncn[nH]4)cc3)c2n1. The molecule has 1 saturated heterocycles. The van der Waals surface area contributed by atoms with Crippen molar-refractivity contribution in [1.29, 1.82) is 0 Å². The molecule has 1 N–H and O–H groups in total. The van der Waals surface area contributed by atoms with Crippen LogP contribution < -0.4 is 4.90 Å². The van der Waals surface area contributed by atoms with Crippen LogP contribution in [-0.4, -0.2) is 66.5 Å². The van der Waals surface area contributed by atoms with Crippen molar-refractivity contribution >= 4 is 23.5 Å². The average molecular weight is 527 g/mol. The highest BCUT2D eigenvalue weighted by molar-refractivity contribution is 5.91. The minimum atomic E-state index is -5.62. The van der Waals surface area contributed by atoms with E-state index in [0.717, 1.165) is 6.07 Å². The molecule has 192 valence electrons. The number of hydrogen-bond acceptors (Lipinski definition) is 8. The van der Waals surface area contributed by atoms with E-state index in [4.69, 9.17) is 0 Å². The number of H-pyrrole nitrogens is 1. The third-order valence-corrected chi connectivity index (χ3v) is 5.21. The van der Waals surface area contributed by atoms with Gasteiger partial charge < -0.3 is 9.47 Å². The Balaban J connectivity index is 1.53. The van der Waals surface area contributed by atoms with Crippen LogP contribution in [0.4, 0.5) is 37.0 Å². The topological polar surface area (TPSA) is 128 Å². The van der Waals surface area contributed by atoms with Crippen molar-refractivity contribution in [2.45, 2.75) is 24.7 Å². The minimum absolute atomic E-state index is 0.0362. The van der Waals surface area contributed by atoms with Crippen molar-refractivity contribution in [3.63, 3.8) is 0 Å². The number of amides is 1. The van der Waals surface area contributed by atoms with Crippen LogP contribution in [0.1, 0.15) is 0 Å². The summed E-state index contributed by atoms with van der Waals surface area (Å²) in [5, 5.41) is 10.5. The zero-order chi connectivity index (χ0) is 26.5. The number of halogens is 6. The summed E-state index contributed by atoms with van der Waals surface area (Å²) in [6.07, 6.45) is -14.8. The highest BCUT2D eigenvalue weighted by Crippen LogP contribution is 2.37. The summed E-state index contributed by atoms with van der Waals surface area (Å²) < 4.78 is 88.0. The molecule has 11 nitrogen and oxygen atoms in total. The number of anilines is 1. The Bertz CT molecular complexity index is 1470. The third-order valence-electron chi connectivity index (χ3n) is 5.21. The molecular formula is C20H11F6N7O4. The molecule has 5 rings (SSSR count). The molecule has 4 heterocycles. The van der Waals surface area contributed by atoms with Crippen LogP contribution in [-0.2, 0) is 14.3 Å². The van der Waals surface area contributed by atoms with E-state index in [1.165, 1.54) is 23.2 Å². The molecule has 0 spiro atoms. The number of nitrogens with zero attached hydrogens (tertiary/aromatic N) is 6. The van der Waals surface area contributed by atoms with Gasteiger partial charge in [0.1, 0.15) is 12.1 Å². The zero-order valence-corrected chi connectivity index (χ0v) is 17.9. The Kier molecular flexibility index (Phi) is 5.49. The number of esters is 1. The van der Waals surface area contributed by atoms with Crippen LogP contribution in [0.15, 0.2) is 49.1 Å². The van der Waals surface area contributed by atoms with Crippen molar-refractivity contribution in [3.8, 4) is 22.5 Å². The number of fused-ring (bicyclic) bond motifs is 1. The third kappa shape index (κ3) is 4.38. The number of aromatic amines is 1. The number of carbonyl (C=O) groups is 2. The summed E-state index contributed by atoms with van der Waals surface area (Å²) in [6, 6.07) is 7.73. The van der Waals surface area contributed by atoms with E-state index in [-0.39, 0.29) is 10.5 Å². The van der Waals surface area contributed by atoms with Gasteiger partial charge in [0.25, 0.3) is 6.10 Å². The van der Waals surface area contributed by atoms with E-state index >= 15 is 0 Å². The maximum atomic E-state index is 13.4. The largest absolute Gasteiger partial charge is 0.491 e. The first-order valence-electron chi connectivity index (χ1n) is 10.1. The number of hydrogen-bond donors (Lipinski definition) is 1. The van der Waals surface area contributed by atoms with Gasteiger partial charge in [-0.15, -0.1) is 0 Å². The van der Waals surface area contributed by atoms with Crippen molar-refractivity contribution in [3.05, 3.63) is 49.1 Å². The number of aromatic nitrogens is 6. The molecule has 17 heteroatoms. The van der Waals surface area contributed by atoms with Gasteiger partial charge >= 0.3 is 24.4 Å². The summed E-state index contributed by atoms with van der Waals surface area (Å²) in [5.41, 5.74) is 1.66. The normalized spacial score (nSPS) is 18.3. The molecule has 2 atom stereocenters. The lowest BCUT2D eigenvalue weighted by molar-refractivity contribution is -0.235. The van der Waals surface area contributed by atoms with Gasteiger partial charge in [0.15, 0.2) is 11.5 Å². The number of cyclic esters (lactones) is 1. The van der Waals surface area contributed by atoms with Gasteiger partial charge in [-0.2, -0.15) is 36.5 Å². The number of carbonyl (C=O) groups excluding carboxylic acids is 2. The fraction of sp³-hybridized carbons (Fsp3) is 0.200. The van der Waals surface area contributed by atoms with Gasteiger partial charge in [0.2, 0.25) is 6.23 Å². The van der Waals surface area contributed by atoms with Gasteiger partial charge in [-0.3, -0.25) is 5.10 Å². The molecule has 1 aliphatic heterocycles. The summed E-state index contributed by atoms with van der Waals surface area (Å²) in [7, 11) is 0. The van der Waals surface area contributed by atoms with Gasteiger partial charge in [-0.25, -0.2) is 29.0 Å². The summed E-state index contributed by atoms with van der Waals surface area (Å²) in [6.45, 7) is 0. The maximum absolute atomic E-state index is 13.4. The van der Waals surface area contributed by atoms with Crippen molar-refractivity contribution in [2.75, 3.05) is 4.90 Å². The molecule has 37 heavy (non-hydrogen) atoms. The number of benzene rings is 1. The molecule has 1 amide bonds. The van der Waals surface area contributed by atoms with E-state index in [1.807, 2.05) is 0 Å². The van der Waals surface area contributed by atoms with E-state index in [0.29, 0.717) is 22.5 Å². The summed E-state index contributed by atoms with van der Waals surface area (Å²) in [4.78, 5) is 31.9. The molecule has 3 aromatic heterocycles. The van der Waals surface area contributed by atoms with Gasteiger partial charge in [0, 0.05) is 17.3 Å². The molecule has 0 aliphatic carbocycles. The Hall–Kier alpha value is -4.70. The average Bonchev–Trinajstić information content (AvgIpc) is 3.57. The molecule has 0 bridgehead atoms. The van der Waals surface area contributed by atoms with Gasteiger partial charge in [0.05, 0.1) is 6.20 Å². The quantitative estimate of drug-likeness (QED) is 0.316. The van der Waals surface area contributed by atoms with Crippen LogP contribution in [0.5, 0.6) is 0 Å². The lowest BCUT2D eigenvalue weighted by Crippen LogP contribution is -2.48. The molecule has 0 radical (unpaired) electrons. The second-order valence-electron chi connectivity index (χ2n) is 7.53. The lowest BCUT2D eigenvalue weighted by atomic mass is 10.1. The maximum Gasteiger partial charge on any atom is 0.491 e. The van der Waals surface area contributed by atoms with Crippen molar-refractivity contribution in [1.82, 2.24) is 29.8 Å². The predicted octanol–water partition coefficient (Wildman–Crippen LogP) is 3.50. The molecular weight excluding hydrogens is 516 g/mol. The van der Waals surface area contributed by atoms with Crippen LogP contribution in [0.2, 0.25) is 0 Å². The van der Waals surface area contributed by atoms with E-state index < -0.39 is 42.6 Å². The molecule has 2 unspecified atom stereocenters. The Morgan fingerprint density at radius 2 is 1.76 bits per heavy atom. The first kappa shape index (κ1) is 24.0. The molecule has 4 aromatic rings. The first-order valence-corrected chi connectivity index (χ1v) is 10.1. The second-order valence-corrected chi connectivity index (χ2v) is 7.53. The Morgan fingerprint density at radius 1 is 1.05 bits per heavy atom. The van der Waals surface area contributed by atoms with Crippen molar-refractivity contribution < 1.29 is 45.4 Å². The summed E-state index contributed by atoms with van der Waals surface area (Å²) in [5.74, 6) is -3.00. The van der Waals surface area contributed by atoms with Gasteiger partial charge in [-0.1, -0.05) is 24.3 Å². The fourth-order valence-electron chi connectivity index (χ4n) is 3.56. The van der Waals surface area contributed by atoms with Crippen LogP contribution in [0.25, 0.3) is 28.2 Å². The zero-order valence-electron chi connectivity index (χ0n) is 17.9. The predicted molar refractivity (Wildman–Crippen MR) is 109 cm³/mol. The second kappa shape index (κ2) is 8.45. The van der Waals surface area contributed by atoms with E-state index in [9.17, 15) is 35.9 Å². The van der Waals surface area contributed by atoms with Gasteiger partial charge in [-0.05, 0) is 11.6 Å². The first-order chi connectivity index (χ1) is 17.4. The number of nitrogens with one attached hydrogen (secondary N) is 1. The Morgan fingerprint density at radius 3 is 2.38 bits per heavy atom. The highest BCUT2D eigenvalue weighted by Gasteiger charge is 2.60. The summed E-state index contributed by atoms with van der Waals surface area (Å²) >= 11 is 0. The molecule has 0 saturated carbocycles. The smallest absolute Gasteiger partial charge is 0.430 e. The Labute approximate surface area is 200 Å². The molecule has 1 aliphatic rings. The van der Waals surface area contributed by atoms with E-state index in [2.05, 4.69) is 34.7 Å². The minimum Gasteiger partial charge on any atom is -0.430 e. The molecule has 1 aromatic carbocycles. The van der Waals surface area contributed by atoms with Crippen LogP contribution >= 0.6 is 0 Å². The number of ether oxygens (including phenoxy) is 2. The number of alkyl halides is 6. The number of rotatable bonds is 4. The van der Waals surface area contributed by atoms with E-state index in [1.54, 1.807) is 24.3 Å². The fourth-order valence-corrected chi connectivity index (χ4v) is 3.56. The highest BCUT2D eigenvalue weighted by atomic mass is 19.4. The monoisotopic (exact) mass is 527 g/mol. The molecule has 1 fully saturated rings. The lowest BCUT2D eigenvalue weighted by Gasteiger charge is -2.25. The standard InChI is InChI=1S/C20H11F6N7O4/c21-19(22,23)13-16(37-17(34)20(24,25)26)33(18(35)36-13)12-5-6-32-15(30-12)11(7-29-32)9-1-3-10(4-2-9)14-27-8-28-31-14/h1-8,13,16H,(H,27,28,31). The van der Waals surface area contributed by atoms with Crippen LogP contribution in [0.3, 0.4) is 0 Å².